The highest BCUT2D eigenvalue weighted by Gasteiger charge is 2.14. The van der Waals surface area contributed by atoms with Crippen LogP contribution >= 0.6 is 12.2 Å². The minimum absolute atomic E-state index is 0.0409. The summed E-state index contributed by atoms with van der Waals surface area (Å²) >= 11 is 4.73. The molecule has 0 bridgehead atoms. The normalized spacial score (nSPS) is 10.1. The highest BCUT2D eigenvalue weighted by Crippen LogP contribution is 2.31. The number of hydrogen-bond donors (Lipinski definition) is 2. The summed E-state index contributed by atoms with van der Waals surface area (Å²) in [6.07, 6.45) is 0. The minimum Gasteiger partial charge on any atom is -0.376 e. The molecule has 0 aliphatic heterocycles. The number of para-hydroxylation sites is 1. The lowest BCUT2D eigenvalue weighted by atomic mass is 10.0. The predicted molar refractivity (Wildman–Crippen MR) is 72.2 cm³/mol. The first-order chi connectivity index (χ1) is 8.59. The summed E-state index contributed by atoms with van der Waals surface area (Å²) in [7, 11) is 0. The molecule has 2 aromatic carbocycles. The Balaban J connectivity index is 2.60. The van der Waals surface area contributed by atoms with E-state index in [1.54, 1.807) is 24.3 Å². The van der Waals surface area contributed by atoms with Crippen molar-refractivity contribution in [2.45, 2.75) is 0 Å². The third kappa shape index (κ3) is 2.46. The molecule has 2 nitrogen and oxygen atoms in total. The van der Waals surface area contributed by atoms with E-state index in [9.17, 15) is 8.78 Å². The summed E-state index contributed by atoms with van der Waals surface area (Å²) in [5, 5.41) is 2.74. The molecule has 0 aliphatic carbocycles. The second-order valence-corrected chi connectivity index (χ2v) is 4.07. The Bertz CT molecular complexity index is 579. The lowest BCUT2D eigenvalue weighted by Gasteiger charge is -2.12. The van der Waals surface area contributed by atoms with Gasteiger partial charge in [-0.05, 0) is 30.4 Å². The fraction of sp³-hybridized carbons (Fsp3) is 0. The smallest absolute Gasteiger partial charge is 0.168 e. The zero-order chi connectivity index (χ0) is 13.1. The molecule has 2 aromatic rings. The van der Waals surface area contributed by atoms with E-state index < -0.39 is 11.6 Å². The standard InChI is InChI=1S/C13H10F2N2S/c14-9-5-3-6-10(15)12(9)8-4-1-2-7-11(8)17-13(16)18/h1-7H,(H3,16,17,18). The van der Waals surface area contributed by atoms with Crippen LogP contribution in [0.5, 0.6) is 0 Å². The van der Waals surface area contributed by atoms with Crippen LogP contribution in [0.3, 0.4) is 0 Å². The number of nitrogens with one attached hydrogen (secondary N) is 1. The maximum absolute atomic E-state index is 13.7. The van der Waals surface area contributed by atoms with Crippen LogP contribution in [0.4, 0.5) is 14.5 Å². The third-order valence-electron chi connectivity index (χ3n) is 2.42. The minimum atomic E-state index is -0.632. The molecule has 3 N–H and O–H groups in total. The second kappa shape index (κ2) is 5.10. The van der Waals surface area contributed by atoms with E-state index in [-0.39, 0.29) is 10.7 Å². The molecule has 0 radical (unpaired) electrons. The molecule has 0 saturated carbocycles. The molecule has 0 heterocycles. The summed E-state index contributed by atoms with van der Waals surface area (Å²) in [5.74, 6) is -1.26. The van der Waals surface area contributed by atoms with Gasteiger partial charge in [0.2, 0.25) is 0 Å². The Hall–Kier alpha value is -2.01. The van der Waals surface area contributed by atoms with Gasteiger partial charge in [0.1, 0.15) is 11.6 Å². The molecule has 0 spiro atoms. The molecule has 0 fully saturated rings. The molecular weight excluding hydrogens is 254 g/mol. The van der Waals surface area contributed by atoms with Gasteiger partial charge in [0.25, 0.3) is 0 Å². The van der Waals surface area contributed by atoms with Crippen molar-refractivity contribution in [1.29, 1.82) is 0 Å². The molecule has 0 amide bonds. The number of halogens is 2. The number of thiocarbonyl (C=S) groups is 1. The van der Waals surface area contributed by atoms with Gasteiger partial charge in [0.05, 0.1) is 5.56 Å². The van der Waals surface area contributed by atoms with Crippen molar-refractivity contribution in [2.24, 2.45) is 5.73 Å². The van der Waals surface area contributed by atoms with Gasteiger partial charge in [-0.3, -0.25) is 0 Å². The van der Waals surface area contributed by atoms with Crippen molar-refractivity contribution in [2.75, 3.05) is 5.32 Å². The molecule has 2 rings (SSSR count). The van der Waals surface area contributed by atoms with Crippen LogP contribution in [0.15, 0.2) is 42.5 Å². The Morgan fingerprint density at radius 3 is 2.22 bits per heavy atom. The van der Waals surface area contributed by atoms with Crippen molar-refractivity contribution in [3.63, 3.8) is 0 Å². The summed E-state index contributed by atoms with van der Waals surface area (Å²) in [5.41, 5.74) is 6.12. The van der Waals surface area contributed by atoms with Crippen LogP contribution in [0, 0.1) is 11.6 Å². The first kappa shape index (κ1) is 12.4. The Kier molecular flexibility index (Phi) is 3.53. The highest BCUT2D eigenvalue weighted by atomic mass is 32.1. The van der Waals surface area contributed by atoms with Crippen LogP contribution in [-0.2, 0) is 0 Å². The Labute approximate surface area is 108 Å². The number of hydrogen-bond acceptors (Lipinski definition) is 1. The quantitative estimate of drug-likeness (QED) is 0.817. The summed E-state index contributed by atoms with van der Waals surface area (Å²) < 4.78 is 27.4. The number of benzene rings is 2. The van der Waals surface area contributed by atoms with Gasteiger partial charge in [-0.25, -0.2) is 8.78 Å². The second-order valence-electron chi connectivity index (χ2n) is 3.63. The van der Waals surface area contributed by atoms with E-state index in [1.165, 1.54) is 18.2 Å². The van der Waals surface area contributed by atoms with Gasteiger partial charge in [0, 0.05) is 11.3 Å². The van der Waals surface area contributed by atoms with Crippen LogP contribution in [0.1, 0.15) is 0 Å². The van der Waals surface area contributed by atoms with Crippen molar-refractivity contribution in [3.8, 4) is 11.1 Å². The van der Waals surface area contributed by atoms with Gasteiger partial charge in [-0.1, -0.05) is 24.3 Å². The topological polar surface area (TPSA) is 38.0 Å². The maximum Gasteiger partial charge on any atom is 0.168 e. The zero-order valence-electron chi connectivity index (χ0n) is 9.28. The van der Waals surface area contributed by atoms with E-state index in [2.05, 4.69) is 5.32 Å². The fourth-order valence-corrected chi connectivity index (χ4v) is 1.81. The van der Waals surface area contributed by atoms with E-state index in [0.717, 1.165) is 0 Å². The Morgan fingerprint density at radius 1 is 1.00 bits per heavy atom. The Morgan fingerprint density at radius 2 is 1.61 bits per heavy atom. The number of anilines is 1. The molecule has 0 unspecified atom stereocenters. The van der Waals surface area contributed by atoms with Crippen LogP contribution in [0.25, 0.3) is 11.1 Å². The zero-order valence-corrected chi connectivity index (χ0v) is 10.1. The highest BCUT2D eigenvalue weighted by molar-refractivity contribution is 7.80. The van der Waals surface area contributed by atoms with Crippen LogP contribution < -0.4 is 11.1 Å². The lowest BCUT2D eigenvalue weighted by Crippen LogP contribution is -2.19. The molecule has 0 saturated heterocycles. The first-order valence-electron chi connectivity index (χ1n) is 5.19. The molecule has 0 atom stereocenters. The summed E-state index contributed by atoms with van der Waals surface area (Å²) in [4.78, 5) is 0. The molecule has 92 valence electrons. The largest absolute Gasteiger partial charge is 0.376 e. The predicted octanol–water partition coefficient (Wildman–Crippen LogP) is 3.29. The molecule has 18 heavy (non-hydrogen) atoms. The van der Waals surface area contributed by atoms with E-state index in [1.807, 2.05) is 0 Å². The van der Waals surface area contributed by atoms with Crippen molar-refractivity contribution < 1.29 is 8.78 Å². The van der Waals surface area contributed by atoms with E-state index in [4.69, 9.17) is 18.0 Å². The van der Waals surface area contributed by atoms with Crippen LogP contribution in [0.2, 0.25) is 0 Å². The number of nitrogens with two attached hydrogens (primary N) is 1. The third-order valence-corrected chi connectivity index (χ3v) is 2.52. The van der Waals surface area contributed by atoms with Gasteiger partial charge >= 0.3 is 0 Å². The molecular formula is C13H10F2N2S. The van der Waals surface area contributed by atoms with E-state index in [0.29, 0.717) is 11.3 Å². The average Bonchev–Trinajstić information content (AvgIpc) is 2.30. The summed E-state index contributed by atoms with van der Waals surface area (Å²) in [6.45, 7) is 0. The fourth-order valence-electron chi connectivity index (χ4n) is 1.70. The molecule has 5 heteroatoms. The maximum atomic E-state index is 13.7. The van der Waals surface area contributed by atoms with Crippen molar-refractivity contribution in [3.05, 3.63) is 54.1 Å². The van der Waals surface area contributed by atoms with Gasteiger partial charge in [0.15, 0.2) is 5.11 Å². The average molecular weight is 264 g/mol. The first-order valence-corrected chi connectivity index (χ1v) is 5.60. The van der Waals surface area contributed by atoms with Gasteiger partial charge < -0.3 is 11.1 Å². The van der Waals surface area contributed by atoms with Crippen molar-refractivity contribution >= 4 is 23.0 Å². The van der Waals surface area contributed by atoms with E-state index >= 15 is 0 Å². The monoisotopic (exact) mass is 264 g/mol. The van der Waals surface area contributed by atoms with Crippen molar-refractivity contribution in [1.82, 2.24) is 0 Å². The summed E-state index contributed by atoms with van der Waals surface area (Å²) in [6, 6.07) is 10.4. The number of rotatable bonds is 2. The van der Waals surface area contributed by atoms with Gasteiger partial charge in [-0.15, -0.1) is 0 Å². The molecule has 0 aliphatic rings. The van der Waals surface area contributed by atoms with Gasteiger partial charge in [-0.2, -0.15) is 0 Å². The lowest BCUT2D eigenvalue weighted by molar-refractivity contribution is 0.590. The van der Waals surface area contributed by atoms with Crippen LogP contribution in [-0.4, -0.2) is 5.11 Å². The SMILES string of the molecule is NC(=S)Nc1ccccc1-c1c(F)cccc1F. The molecule has 0 aromatic heterocycles.